The molecule has 0 aromatic heterocycles. The molecule has 0 unspecified atom stereocenters. The van der Waals surface area contributed by atoms with Crippen LogP contribution in [-0.2, 0) is 17.8 Å². The van der Waals surface area contributed by atoms with Gasteiger partial charge < -0.3 is 14.2 Å². The Morgan fingerprint density at radius 2 is 1.80 bits per heavy atom. The molecule has 1 saturated carbocycles. The van der Waals surface area contributed by atoms with Crippen molar-refractivity contribution in [3.8, 4) is 28.4 Å². The van der Waals surface area contributed by atoms with E-state index in [0.29, 0.717) is 60.0 Å². The van der Waals surface area contributed by atoms with Crippen molar-refractivity contribution in [2.75, 3.05) is 32.8 Å². The van der Waals surface area contributed by atoms with Crippen molar-refractivity contribution >= 4 is 17.4 Å². The summed E-state index contributed by atoms with van der Waals surface area (Å²) in [5.74, 6) is 3.24. The van der Waals surface area contributed by atoms with Crippen LogP contribution in [0.15, 0.2) is 48.5 Å². The fourth-order valence-corrected chi connectivity index (χ4v) is 8.59. The molecule has 1 heterocycles. The third-order valence-electron chi connectivity index (χ3n) is 11.3. The van der Waals surface area contributed by atoms with E-state index in [2.05, 4.69) is 80.8 Å². The SMILES string of the molecule is CCOc1cc(O[C@H]2CCc3c(-c4cccc(OCCCN5CCCC5(C)C)c4C)cccc32)c(Cl)cc1CN(C[C@@H]1CCC(=O)C1)C(C)C. The largest absolute Gasteiger partial charge is 0.493 e. The fourth-order valence-electron chi connectivity index (χ4n) is 8.36. The number of nitrogens with zero attached hydrogens (tertiary/aromatic N) is 2. The first-order chi connectivity index (χ1) is 24.0. The summed E-state index contributed by atoms with van der Waals surface area (Å²) < 4.78 is 19.3. The Bertz CT molecular complexity index is 1650. The Labute approximate surface area is 305 Å². The summed E-state index contributed by atoms with van der Waals surface area (Å²) in [6, 6.07) is 17.4. The average Bonchev–Trinajstić information content (AvgIpc) is 3.79. The van der Waals surface area contributed by atoms with Gasteiger partial charge in [-0.25, -0.2) is 0 Å². The molecule has 0 bridgehead atoms. The van der Waals surface area contributed by atoms with Gasteiger partial charge in [0.2, 0.25) is 0 Å². The molecule has 7 heteroatoms. The van der Waals surface area contributed by atoms with E-state index in [9.17, 15) is 4.79 Å². The van der Waals surface area contributed by atoms with Crippen molar-refractivity contribution in [1.29, 1.82) is 0 Å². The number of carbonyl (C=O) groups excluding carboxylic acids is 1. The Balaban J connectivity index is 1.16. The molecule has 2 aliphatic carbocycles. The van der Waals surface area contributed by atoms with Crippen LogP contribution in [0, 0.1) is 12.8 Å². The lowest BCUT2D eigenvalue weighted by Crippen LogP contribution is -2.39. The molecule has 0 spiro atoms. The van der Waals surface area contributed by atoms with Crippen LogP contribution in [0.25, 0.3) is 11.1 Å². The van der Waals surface area contributed by atoms with Gasteiger partial charge in [0.1, 0.15) is 29.1 Å². The highest BCUT2D eigenvalue weighted by atomic mass is 35.5. The molecule has 6 nitrogen and oxygen atoms in total. The van der Waals surface area contributed by atoms with E-state index < -0.39 is 0 Å². The molecule has 2 atom stereocenters. The maximum Gasteiger partial charge on any atom is 0.142 e. The summed E-state index contributed by atoms with van der Waals surface area (Å²) in [7, 11) is 0. The maximum absolute atomic E-state index is 11.9. The zero-order valence-corrected chi connectivity index (χ0v) is 31.9. The van der Waals surface area contributed by atoms with Gasteiger partial charge in [-0.1, -0.05) is 41.9 Å². The molecular formula is C43H57ClN2O4. The summed E-state index contributed by atoms with van der Waals surface area (Å²) in [5, 5.41) is 0.599. The molecular weight excluding hydrogens is 644 g/mol. The normalized spacial score (nSPS) is 20.2. The van der Waals surface area contributed by atoms with Crippen LogP contribution in [0.2, 0.25) is 5.02 Å². The van der Waals surface area contributed by atoms with Crippen molar-refractivity contribution < 1.29 is 19.0 Å². The first-order valence-electron chi connectivity index (χ1n) is 19.0. The van der Waals surface area contributed by atoms with Crippen LogP contribution < -0.4 is 14.2 Å². The highest BCUT2D eigenvalue weighted by Crippen LogP contribution is 2.44. The second-order valence-corrected chi connectivity index (χ2v) is 16.0. The minimum atomic E-state index is -0.0931. The fraction of sp³-hybridized carbons (Fsp3) is 0.558. The summed E-state index contributed by atoms with van der Waals surface area (Å²) >= 11 is 6.97. The Hall–Kier alpha value is -3.06. The van der Waals surface area contributed by atoms with E-state index in [-0.39, 0.29) is 6.10 Å². The van der Waals surface area contributed by atoms with Gasteiger partial charge >= 0.3 is 0 Å². The molecule has 0 radical (unpaired) electrons. The molecule has 3 aromatic carbocycles. The van der Waals surface area contributed by atoms with Gasteiger partial charge in [-0.3, -0.25) is 14.6 Å². The first-order valence-corrected chi connectivity index (χ1v) is 19.4. The predicted octanol–water partition coefficient (Wildman–Crippen LogP) is 10.0. The number of halogens is 1. The van der Waals surface area contributed by atoms with Crippen molar-refractivity contribution in [2.45, 2.75) is 117 Å². The minimum Gasteiger partial charge on any atom is -0.493 e. The van der Waals surface area contributed by atoms with Gasteiger partial charge in [0.05, 0.1) is 18.2 Å². The van der Waals surface area contributed by atoms with Crippen LogP contribution >= 0.6 is 11.6 Å². The van der Waals surface area contributed by atoms with E-state index in [1.54, 1.807) is 0 Å². The van der Waals surface area contributed by atoms with Crippen LogP contribution in [-0.4, -0.2) is 60.0 Å². The molecule has 1 saturated heterocycles. The van der Waals surface area contributed by atoms with E-state index in [1.165, 1.54) is 47.2 Å². The van der Waals surface area contributed by atoms with Crippen molar-refractivity contribution in [3.05, 3.63) is 75.8 Å². The van der Waals surface area contributed by atoms with Crippen LogP contribution in [0.3, 0.4) is 0 Å². The third-order valence-corrected chi connectivity index (χ3v) is 11.6. The van der Waals surface area contributed by atoms with E-state index in [0.717, 1.165) is 62.4 Å². The number of carbonyl (C=O) groups is 1. The highest BCUT2D eigenvalue weighted by molar-refractivity contribution is 6.32. The molecule has 3 aliphatic rings. The molecule has 3 aromatic rings. The molecule has 0 N–H and O–H groups in total. The number of hydrogen-bond donors (Lipinski definition) is 0. The molecule has 6 rings (SSSR count). The van der Waals surface area contributed by atoms with Gasteiger partial charge in [0.15, 0.2) is 0 Å². The monoisotopic (exact) mass is 700 g/mol. The summed E-state index contributed by atoms with van der Waals surface area (Å²) in [5.41, 5.74) is 7.57. The van der Waals surface area contributed by atoms with E-state index in [4.69, 9.17) is 25.8 Å². The zero-order valence-electron chi connectivity index (χ0n) is 31.2. The summed E-state index contributed by atoms with van der Waals surface area (Å²) in [4.78, 5) is 17.0. The van der Waals surface area contributed by atoms with Gasteiger partial charge in [0.25, 0.3) is 0 Å². The van der Waals surface area contributed by atoms with Crippen LogP contribution in [0.4, 0.5) is 0 Å². The van der Waals surface area contributed by atoms with Gasteiger partial charge in [-0.05, 0) is 132 Å². The molecule has 270 valence electrons. The minimum absolute atomic E-state index is 0.0931. The molecule has 50 heavy (non-hydrogen) atoms. The number of benzene rings is 3. The predicted molar refractivity (Wildman–Crippen MR) is 204 cm³/mol. The Kier molecular flexibility index (Phi) is 11.8. The lowest BCUT2D eigenvalue weighted by atomic mass is 9.93. The van der Waals surface area contributed by atoms with Crippen molar-refractivity contribution in [1.82, 2.24) is 9.80 Å². The maximum atomic E-state index is 11.9. The van der Waals surface area contributed by atoms with Crippen LogP contribution in [0.1, 0.15) is 108 Å². The highest BCUT2D eigenvalue weighted by Gasteiger charge is 2.32. The number of fused-ring (bicyclic) bond motifs is 1. The van der Waals surface area contributed by atoms with Gasteiger partial charge in [-0.2, -0.15) is 0 Å². The first kappa shape index (κ1) is 36.7. The Morgan fingerprint density at radius 3 is 2.52 bits per heavy atom. The smallest absolute Gasteiger partial charge is 0.142 e. The number of rotatable bonds is 15. The molecule has 1 aliphatic heterocycles. The van der Waals surface area contributed by atoms with Crippen LogP contribution in [0.5, 0.6) is 17.2 Å². The second-order valence-electron chi connectivity index (χ2n) is 15.5. The van der Waals surface area contributed by atoms with Gasteiger partial charge in [-0.15, -0.1) is 0 Å². The third kappa shape index (κ3) is 8.35. The average molecular weight is 701 g/mol. The zero-order chi connectivity index (χ0) is 35.4. The van der Waals surface area contributed by atoms with E-state index >= 15 is 0 Å². The topological polar surface area (TPSA) is 51.2 Å². The van der Waals surface area contributed by atoms with Gasteiger partial charge in [0, 0.05) is 55.7 Å². The van der Waals surface area contributed by atoms with Crippen molar-refractivity contribution in [2.24, 2.45) is 5.92 Å². The number of ketones is 1. The summed E-state index contributed by atoms with van der Waals surface area (Å²) in [6.45, 7) is 18.5. The van der Waals surface area contributed by atoms with E-state index in [1.807, 2.05) is 19.1 Å². The number of likely N-dealkylation sites (tertiary alicyclic amines) is 1. The number of Topliss-reactive ketones (excluding diaryl/α,β-unsaturated/α-hetero) is 1. The number of hydrogen-bond acceptors (Lipinski definition) is 6. The molecule has 0 amide bonds. The summed E-state index contributed by atoms with van der Waals surface area (Å²) in [6.07, 6.45) is 7.71. The number of ether oxygens (including phenoxy) is 3. The molecule has 2 fully saturated rings. The second kappa shape index (κ2) is 16.1. The standard InChI is InChI=1S/C43H57ClN2O4/c1-7-48-41-26-42(38(44)25-32(41)28-45(29(2)3)27-31-16-17-33(47)24-31)50-40-19-18-36-35(13-8-14-37(36)40)34-12-9-15-39(30(34)4)49-23-11-22-46-21-10-20-43(46,5)6/h8-9,12-15,25-26,29,31,40H,7,10-11,16-24,27-28H2,1-6H3/t31-,40+/m1/s1. The van der Waals surface area contributed by atoms with Crippen molar-refractivity contribution in [3.63, 3.8) is 0 Å². The lowest BCUT2D eigenvalue weighted by molar-refractivity contribution is -0.117. The lowest BCUT2D eigenvalue weighted by Gasteiger charge is -2.31. The quantitative estimate of drug-likeness (QED) is 0.147. The Morgan fingerprint density at radius 1 is 1.00 bits per heavy atom.